The number of rotatable bonds is 4. The summed E-state index contributed by atoms with van der Waals surface area (Å²) in [6, 6.07) is 3.55. The third-order valence-corrected chi connectivity index (χ3v) is 6.26. The van der Waals surface area contributed by atoms with Crippen molar-refractivity contribution in [1.29, 1.82) is 5.26 Å². The van der Waals surface area contributed by atoms with Crippen molar-refractivity contribution in [3.05, 3.63) is 31.0 Å². The van der Waals surface area contributed by atoms with E-state index in [4.69, 9.17) is 68.0 Å². The highest BCUT2D eigenvalue weighted by molar-refractivity contribution is 6.68. The van der Waals surface area contributed by atoms with Crippen molar-refractivity contribution < 1.29 is 5.11 Å². The van der Waals surface area contributed by atoms with Gasteiger partial charge < -0.3 is 9.67 Å². The minimum Gasteiger partial charge on any atom is -0.376 e. The third kappa shape index (κ3) is 3.71. The first-order chi connectivity index (χ1) is 15.3. The molecule has 0 spiro atoms. The van der Waals surface area contributed by atoms with Crippen LogP contribution in [0.3, 0.4) is 0 Å². The Morgan fingerprint density at radius 1 is 1.06 bits per heavy atom. The normalized spacial score (nSPS) is 20.0. The minimum absolute atomic E-state index is 0.0537. The Balaban J connectivity index is 0.000000968. The van der Waals surface area contributed by atoms with Crippen LogP contribution in [-0.4, -0.2) is 92.2 Å². The van der Waals surface area contributed by atoms with Crippen LogP contribution in [0.5, 0.6) is 0 Å². The van der Waals surface area contributed by atoms with Crippen molar-refractivity contribution in [2.45, 2.75) is 41.1 Å². The van der Waals surface area contributed by atoms with Gasteiger partial charge in [-0.15, -0.1) is 20.9 Å². The summed E-state index contributed by atoms with van der Waals surface area (Å²) in [6.07, 6.45) is 6.44. The van der Waals surface area contributed by atoms with Gasteiger partial charge in [-0.25, -0.2) is 9.97 Å². The Labute approximate surface area is 203 Å². The van der Waals surface area contributed by atoms with E-state index in [9.17, 15) is 5.11 Å². The van der Waals surface area contributed by atoms with Crippen LogP contribution >= 0.6 is 0 Å². The highest BCUT2D eigenvalue weighted by Crippen LogP contribution is 2.78. The van der Waals surface area contributed by atoms with E-state index < -0.39 is 26.8 Å². The van der Waals surface area contributed by atoms with Crippen molar-refractivity contribution in [2.24, 2.45) is 5.92 Å². The number of nitrogens with zero attached hydrogens (tertiary/aromatic N) is 6. The van der Waals surface area contributed by atoms with E-state index in [1.807, 2.05) is 0 Å². The molecule has 33 heavy (non-hydrogen) atoms. The van der Waals surface area contributed by atoms with Crippen molar-refractivity contribution >= 4 is 73.8 Å². The summed E-state index contributed by atoms with van der Waals surface area (Å²) < 4.78 is 3.12. The van der Waals surface area contributed by atoms with Gasteiger partial charge >= 0.3 is 0 Å². The summed E-state index contributed by atoms with van der Waals surface area (Å²) in [5.74, 6) is -0.913. The van der Waals surface area contributed by atoms with Crippen molar-refractivity contribution in [3.63, 3.8) is 0 Å². The maximum absolute atomic E-state index is 9.43. The molecule has 0 amide bonds. The predicted octanol–water partition coefficient (Wildman–Crippen LogP) is -0.783. The Kier molecular flexibility index (Phi) is 6.58. The molecule has 1 aliphatic carbocycles. The van der Waals surface area contributed by atoms with Gasteiger partial charge in [0.05, 0.1) is 80.7 Å². The first-order valence-corrected chi connectivity index (χ1v) is 9.83. The molecule has 3 aromatic heterocycles. The molecule has 7 nitrogen and oxygen atoms in total. The van der Waals surface area contributed by atoms with Crippen LogP contribution in [0.2, 0.25) is 20.9 Å². The van der Waals surface area contributed by atoms with Crippen LogP contribution in [0.1, 0.15) is 6.92 Å². The van der Waals surface area contributed by atoms with Gasteiger partial charge in [0.25, 0.3) is 0 Å². The second-order valence-corrected chi connectivity index (χ2v) is 8.22. The average molecular weight is 417 g/mol. The van der Waals surface area contributed by atoms with Crippen molar-refractivity contribution in [1.82, 2.24) is 24.3 Å². The number of hydrogen-bond donors (Lipinski definition) is 1. The highest BCUT2D eigenvalue weighted by Gasteiger charge is 2.63. The minimum atomic E-state index is -1.95. The van der Waals surface area contributed by atoms with E-state index in [-0.39, 0.29) is 13.3 Å². The smallest absolute Gasteiger partial charge is 0.145 e. The van der Waals surface area contributed by atoms with E-state index in [0.29, 0.717) is 16.9 Å². The zero-order valence-corrected chi connectivity index (χ0v) is 18.1. The lowest BCUT2D eigenvalue weighted by Gasteiger charge is -2.51. The largest absolute Gasteiger partial charge is 0.376 e. The van der Waals surface area contributed by atoms with Crippen LogP contribution in [0.4, 0.5) is 0 Å². The second-order valence-electron chi connectivity index (χ2n) is 8.22. The number of fused-ring (bicyclic) bond motifs is 1. The van der Waals surface area contributed by atoms with Crippen LogP contribution in [0.15, 0.2) is 31.0 Å². The quantitative estimate of drug-likeness (QED) is 0.563. The second kappa shape index (κ2) is 8.54. The Morgan fingerprint density at radius 2 is 1.64 bits per heavy atom. The van der Waals surface area contributed by atoms with Crippen LogP contribution in [0.25, 0.3) is 22.3 Å². The fraction of sp³-hybridized carbons (Fsp3) is 0.444. The number of aromatic nitrogens is 5. The third-order valence-electron chi connectivity index (χ3n) is 6.26. The van der Waals surface area contributed by atoms with Gasteiger partial charge in [-0.1, -0.05) is 0 Å². The molecule has 3 aromatic rings. The molecule has 0 bridgehead atoms. The molecule has 16 radical (unpaired) electrons. The summed E-state index contributed by atoms with van der Waals surface area (Å²) in [5, 5.41) is 14.4. The van der Waals surface area contributed by atoms with Gasteiger partial charge in [0.15, 0.2) is 0 Å². The summed E-state index contributed by atoms with van der Waals surface area (Å²) in [6.45, 7) is 1.28. The number of nitriles is 1. The molecule has 4 rings (SSSR count). The lowest BCUT2D eigenvalue weighted by atomic mass is 9.17. The Morgan fingerprint density at radius 3 is 2.18 bits per heavy atom. The van der Waals surface area contributed by atoms with E-state index in [0.717, 1.165) is 5.39 Å². The molecule has 1 N–H and O–H groups in total. The van der Waals surface area contributed by atoms with E-state index in [1.54, 1.807) is 35.3 Å². The van der Waals surface area contributed by atoms with Gasteiger partial charge in [0.1, 0.15) is 18.7 Å². The summed E-state index contributed by atoms with van der Waals surface area (Å²) in [5.41, 5.74) is 1.90. The van der Waals surface area contributed by atoms with Gasteiger partial charge in [0.2, 0.25) is 0 Å². The molecule has 3 heterocycles. The first-order valence-electron chi connectivity index (χ1n) is 9.83. The van der Waals surface area contributed by atoms with Crippen LogP contribution in [0, 0.1) is 17.2 Å². The predicted molar refractivity (Wildman–Crippen MR) is 133 cm³/mol. The number of aliphatic hydroxyl groups is 1. The average Bonchev–Trinajstić information content (AvgIpc) is 3.39. The molecular weight excluding hydrogens is 403 g/mol. The molecule has 0 aliphatic heterocycles. The molecule has 1 aliphatic rings. The molecular formula is C18H14B8N6O. The SMILES string of the molecule is CC#N.[B]C1([B])C(Cn2cc(-c3ncnc4c3ccn4CO)cn2)C([B])([B])C([B])([B])C1([B])[B]. The fourth-order valence-corrected chi connectivity index (χ4v) is 4.11. The summed E-state index contributed by atoms with van der Waals surface area (Å²) in [4.78, 5) is 8.54. The van der Waals surface area contributed by atoms with E-state index in [1.165, 1.54) is 17.9 Å². The monoisotopic (exact) mass is 418 g/mol. The topological polar surface area (TPSA) is 92.5 Å². The van der Waals surface area contributed by atoms with Crippen LogP contribution in [-0.2, 0) is 13.3 Å². The highest BCUT2D eigenvalue weighted by atomic mass is 16.3. The summed E-state index contributed by atoms with van der Waals surface area (Å²) >= 11 is 0. The molecule has 15 heteroatoms. The number of hydrogen-bond acceptors (Lipinski definition) is 5. The molecule has 0 unspecified atom stereocenters. The van der Waals surface area contributed by atoms with Gasteiger partial charge in [0, 0.05) is 36.8 Å². The fourth-order valence-electron chi connectivity index (χ4n) is 4.11. The lowest BCUT2D eigenvalue weighted by molar-refractivity contribution is 0.215. The maximum atomic E-state index is 9.43. The molecule has 1 saturated carbocycles. The molecule has 1 fully saturated rings. The van der Waals surface area contributed by atoms with Gasteiger partial charge in [-0.2, -0.15) is 10.4 Å². The zero-order valence-electron chi connectivity index (χ0n) is 18.1. The number of aliphatic hydroxyl groups excluding tert-OH is 1. The van der Waals surface area contributed by atoms with Crippen molar-refractivity contribution in [2.75, 3.05) is 0 Å². The molecule has 0 aromatic carbocycles. The van der Waals surface area contributed by atoms with Crippen molar-refractivity contribution in [3.8, 4) is 17.3 Å². The summed E-state index contributed by atoms with van der Waals surface area (Å²) in [7, 11) is 49.2. The standard InChI is InChI=1S/C16H11B8N5O.C2H3N/c17-13(18)10(14(19,20)16(23,24)15(13,21)22)5-29-4-8(3-27-29)11-9-1-2-28(7-30)12(9)26-6-25-11;1-2-3/h1-4,6,10,30H,5,7H2;1H3. The first kappa shape index (κ1) is 25.4. The molecule has 146 valence electrons. The maximum Gasteiger partial charge on any atom is 0.145 e. The molecule has 0 saturated heterocycles. The molecule has 0 atom stereocenters. The Bertz CT molecular complexity index is 1170. The van der Waals surface area contributed by atoms with E-state index >= 15 is 0 Å². The Hall–Kier alpha value is -2.20. The van der Waals surface area contributed by atoms with Gasteiger partial charge in [-0.3, -0.25) is 4.68 Å². The van der Waals surface area contributed by atoms with Gasteiger partial charge in [-0.05, 0) is 12.0 Å². The lowest BCUT2D eigenvalue weighted by Crippen LogP contribution is -2.39. The van der Waals surface area contributed by atoms with E-state index in [2.05, 4.69) is 15.1 Å². The zero-order chi connectivity index (χ0) is 24.8. The van der Waals surface area contributed by atoms with Crippen LogP contribution < -0.4 is 0 Å².